The lowest BCUT2D eigenvalue weighted by Gasteiger charge is -2.05. The Kier molecular flexibility index (Phi) is 4.68. The average molecular weight is 501 g/mol. The van der Waals surface area contributed by atoms with E-state index < -0.39 is 10.7 Å². The van der Waals surface area contributed by atoms with Gasteiger partial charge in [0.1, 0.15) is 11.0 Å². The van der Waals surface area contributed by atoms with Gasteiger partial charge in [0.15, 0.2) is 16.2 Å². The normalized spacial score (nSPS) is 13.6. The van der Waals surface area contributed by atoms with Gasteiger partial charge >= 0.3 is 0 Å². The number of nitrogens with zero attached hydrogens (tertiary/aromatic N) is 4. The summed E-state index contributed by atoms with van der Waals surface area (Å²) >= 11 is 0. The van der Waals surface area contributed by atoms with E-state index >= 15 is 0 Å². The van der Waals surface area contributed by atoms with Crippen LogP contribution in [0.3, 0.4) is 0 Å². The van der Waals surface area contributed by atoms with Crippen molar-refractivity contribution in [2.75, 3.05) is 0 Å². The Morgan fingerprint density at radius 2 is 1.65 bits per heavy atom. The van der Waals surface area contributed by atoms with Crippen LogP contribution < -0.4 is 5.56 Å². The van der Waals surface area contributed by atoms with Crippen LogP contribution in [0, 0.1) is 11.8 Å². The summed E-state index contributed by atoms with van der Waals surface area (Å²) in [7, 11) is -2.73. The van der Waals surface area contributed by atoms with E-state index in [1.165, 1.54) is 6.20 Å². The fourth-order valence-electron chi connectivity index (χ4n) is 5.06. The lowest BCUT2D eigenvalue weighted by Crippen LogP contribution is -2.15. The number of thiol groups is 1. The maximum atomic E-state index is 13.4. The van der Waals surface area contributed by atoms with Crippen molar-refractivity contribution in [3.63, 3.8) is 0 Å². The van der Waals surface area contributed by atoms with Crippen molar-refractivity contribution >= 4 is 60.2 Å². The van der Waals surface area contributed by atoms with Gasteiger partial charge in [0.05, 0.1) is 15.9 Å². The average Bonchev–Trinajstić information content (AvgIpc) is 3.08. The maximum Gasteiger partial charge on any atom is 0.283 e. The molecule has 0 amide bonds. The summed E-state index contributed by atoms with van der Waals surface area (Å²) in [4.78, 5) is 26.9. The number of benzene rings is 2. The zero-order valence-electron chi connectivity index (χ0n) is 19.2. The molecule has 4 heterocycles. The zero-order chi connectivity index (χ0) is 25.1. The summed E-state index contributed by atoms with van der Waals surface area (Å²) in [5, 5.41) is 1.84. The van der Waals surface area contributed by atoms with Crippen molar-refractivity contribution in [2.24, 2.45) is 0 Å². The number of allylic oxidation sites excluding steroid dienone is 4. The molecule has 7 rings (SSSR count). The highest BCUT2D eigenvalue weighted by atomic mass is 32.2. The molecule has 0 saturated carbocycles. The Hall–Kier alpha value is -4.87. The van der Waals surface area contributed by atoms with Crippen LogP contribution in [0.4, 0.5) is 0 Å². The molecule has 0 aliphatic heterocycles. The van der Waals surface area contributed by atoms with Gasteiger partial charge in [-0.25, -0.2) is 13.4 Å². The van der Waals surface area contributed by atoms with Gasteiger partial charge in [-0.05, 0) is 41.5 Å². The number of hydrogen-bond donors (Lipinski definition) is 1. The smallest absolute Gasteiger partial charge is 0.272 e. The van der Waals surface area contributed by atoms with Crippen LogP contribution >= 0.6 is 0 Å². The largest absolute Gasteiger partial charge is 0.283 e. The molecule has 7 nitrogen and oxygen atoms in total. The summed E-state index contributed by atoms with van der Waals surface area (Å²) in [6.45, 7) is 0. The van der Waals surface area contributed by atoms with Crippen LogP contribution in [-0.4, -0.2) is 27.8 Å². The molecule has 37 heavy (non-hydrogen) atoms. The molecule has 0 N–H and O–H groups in total. The second kappa shape index (κ2) is 8.08. The van der Waals surface area contributed by atoms with E-state index in [9.17, 15) is 13.2 Å². The van der Waals surface area contributed by atoms with Gasteiger partial charge in [-0.1, -0.05) is 42.2 Å². The molecule has 0 bridgehead atoms. The van der Waals surface area contributed by atoms with Gasteiger partial charge in [0, 0.05) is 46.9 Å². The topological polar surface area (TPSA) is 94.3 Å². The number of rotatable bonds is 3. The minimum Gasteiger partial charge on any atom is -0.272 e. The highest BCUT2D eigenvalue weighted by molar-refractivity contribution is 7.72. The van der Waals surface area contributed by atoms with E-state index in [0.29, 0.717) is 28.6 Å². The lowest BCUT2D eigenvalue weighted by atomic mass is 10.0. The zero-order valence-corrected chi connectivity index (χ0v) is 20.1. The van der Waals surface area contributed by atoms with Gasteiger partial charge in [-0.3, -0.25) is 19.2 Å². The number of aromatic nitrogens is 4. The molecule has 1 aliphatic carbocycles. The summed E-state index contributed by atoms with van der Waals surface area (Å²) in [5.74, 6) is 6.31. The molecule has 0 saturated heterocycles. The van der Waals surface area contributed by atoms with E-state index in [-0.39, 0.29) is 16.0 Å². The van der Waals surface area contributed by atoms with Gasteiger partial charge < -0.3 is 0 Å². The summed E-state index contributed by atoms with van der Waals surface area (Å²) in [6, 6.07) is 14.8. The fourth-order valence-corrected chi connectivity index (χ4v) is 5.66. The molecule has 0 fully saturated rings. The molecule has 0 atom stereocenters. The summed E-state index contributed by atoms with van der Waals surface area (Å²) < 4.78 is 25.1. The van der Waals surface area contributed by atoms with Crippen molar-refractivity contribution < 1.29 is 8.42 Å². The van der Waals surface area contributed by atoms with E-state index in [1.54, 1.807) is 41.1 Å². The second-order valence-corrected chi connectivity index (χ2v) is 9.70. The Morgan fingerprint density at radius 3 is 2.51 bits per heavy atom. The molecule has 6 aromatic rings. The van der Waals surface area contributed by atoms with E-state index in [0.717, 1.165) is 32.9 Å². The van der Waals surface area contributed by atoms with Crippen molar-refractivity contribution in [1.29, 1.82) is 0 Å². The van der Waals surface area contributed by atoms with E-state index in [4.69, 9.17) is 0 Å². The molecular weight excluding hydrogens is 484 g/mol. The quantitative estimate of drug-likeness (QED) is 0.222. The molecule has 176 valence electrons. The van der Waals surface area contributed by atoms with Crippen molar-refractivity contribution in [3.05, 3.63) is 101 Å². The molecule has 0 radical (unpaired) electrons. The highest BCUT2D eigenvalue weighted by Gasteiger charge is 2.19. The van der Waals surface area contributed by atoms with Crippen LogP contribution in [0.1, 0.15) is 17.5 Å². The Morgan fingerprint density at radius 1 is 0.838 bits per heavy atom. The molecule has 2 aromatic carbocycles. The molecule has 8 heteroatoms. The molecular formula is C29H16N4O3S. The minimum atomic E-state index is -2.73. The second-order valence-electron chi connectivity index (χ2n) is 8.71. The van der Waals surface area contributed by atoms with Crippen molar-refractivity contribution in [1.82, 2.24) is 19.4 Å². The van der Waals surface area contributed by atoms with Gasteiger partial charge in [0.25, 0.3) is 5.56 Å². The summed E-state index contributed by atoms with van der Waals surface area (Å²) in [6.07, 6.45) is 9.15. The van der Waals surface area contributed by atoms with Gasteiger partial charge in [0.2, 0.25) is 0 Å². The number of fused-ring (bicyclic) bond motifs is 5. The monoisotopic (exact) mass is 500 g/mol. The number of pyridine rings is 2. The highest BCUT2D eigenvalue weighted by Crippen LogP contribution is 2.34. The van der Waals surface area contributed by atoms with Crippen LogP contribution in [-0.2, 0) is 10.7 Å². The molecule has 1 aliphatic rings. The maximum absolute atomic E-state index is 13.4. The third kappa shape index (κ3) is 3.18. The molecule has 0 spiro atoms. The minimum absolute atomic E-state index is 0.223. The third-order valence-corrected chi connectivity index (χ3v) is 7.50. The van der Waals surface area contributed by atoms with Crippen LogP contribution in [0.5, 0.6) is 0 Å². The standard InChI is InChI=1S/C29H16N4O3S/c34-29-27-25(31-14-15-32-27)26-28-21(12-13-30-26)22-16-19(10-11-23(22)33(28)29)17-4-3-5-18(9-8-17)20-6-1-2-7-24(20)37(35)36/h1-2,6-16,37H,4H2. The van der Waals surface area contributed by atoms with Gasteiger partial charge in [-0.15, -0.1) is 0 Å². The van der Waals surface area contributed by atoms with E-state index in [1.807, 2.05) is 30.4 Å². The Balaban J connectivity index is 1.43. The lowest BCUT2D eigenvalue weighted by molar-refractivity contribution is 0.614. The van der Waals surface area contributed by atoms with Crippen LogP contribution in [0.15, 0.2) is 89.0 Å². The van der Waals surface area contributed by atoms with Crippen molar-refractivity contribution in [2.45, 2.75) is 11.3 Å². The SMILES string of the molecule is O=c1c2nccnc2c2nccc3c4cc(C5=CC=C(c6ccccc6[SH](=O)=O)C#CC5)ccc4n1c32. The summed E-state index contributed by atoms with van der Waals surface area (Å²) in [5.41, 5.74) is 5.93. The first-order valence-electron chi connectivity index (χ1n) is 11.5. The van der Waals surface area contributed by atoms with Crippen LogP contribution in [0.2, 0.25) is 0 Å². The third-order valence-electron chi connectivity index (χ3n) is 6.72. The molecule has 4 aromatic heterocycles. The predicted octanol–water partition coefficient (Wildman–Crippen LogP) is 4.23. The predicted molar refractivity (Wildman–Crippen MR) is 144 cm³/mol. The van der Waals surface area contributed by atoms with E-state index in [2.05, 4.69) is 32.9 Å². The fraction of sp³-hybridized carbons (Fsp3) is 0.0345. The van der Waals surface area contributed by atoms with Gasteiger partial charge in [-0.2, -0.15) is 0 Å². The first-order chi connectivity index (χ1) is 18.1. The number of hydrogen-bond acceptors (Lipinski definition) is 6. The Labute approximate surface area is 211 Å². The molecule has 0 unspecified atom stereocenters. The van der Waals surface area contributed by atoms with Crippen LogP contribution in [0.25, 0.3) is 49.5 Å². The first kappa shape index (κ1) is 21.4. The first-order valence-corrected chi connectivity index (χ1v) is 12.7. The Bertz CT molecular complexity index is 2190. The van der Waals surface area contributed by atoms with Crippen molar-refractivity contribution in [3.8, 4) is 11.8 Å².